The largest absolute Gasteiger partial charge is 0.481 e. The van der Waals surface area contributed by atoms with Crippen LogP contribution in [0.2, 0.25) is 0 Å². The molecule has 1 heterocycles. The predicted octanol–water partition coefficient (Wildman–Crippen LogP) is 0.0255. The molecule has 1 rings (SSSR count). The molecule has 7 heteroatoms. The fraction of sp³-hybridized carbons (Fsp3) is 0.444. The zero-order valence-corrected chi connectivity index (χ0v) is 8.73. The molecule has 2 N–H and O–H groups in total. The average molecular weight is 228 g/mol. The van der Waals surface area contributed by atoms with Crippen LogP contribution in [-0.2, 0) is 16.1 Å². The van der Waals surface area contributed by atoms with Crippen molar-refractivity contribution >= 4 is 11.9 Å². The van der Waals surface area contributed by atoms with E-state index >= 15 is 0 Å². The van der Waals surface area contributed by atoms with Crippen LogP contribution in [0.15, 0.2) is 10.6 Å². The lowest BCUT2D eigenvalue weighted by Crippen LogP contribution is -2.26. The van der Waals surface area contributed by atoms with Gasteiger partial charge < -0.3 is 19.7 Å². The van der Waals surface area contributed by atoms with Crippen molar-refractivity contribution in [1.82, 2.24) is 10.5 Å². The Bertz CT molecular complexity index is 374. The van der Waals surface area contributed by atoms with Crippen LogP contribution >= 0.6 is 0 Å². The van der Waals surface area contributed by atoms with Crippen LogP contribution in [0.3, 0.4) is 0 Å². The van der Waals surface area contributed by atoms with Gasteiger partial charge in [-0.2, -0.15) is 0 Å². The predicted molar refractivity (Wildman–Crippen MR) is 51.8 cm³/mol. The van der Waals surface area contributed by atoms with E-state index in [1.54, 1.807) is 0 Å². The number of ether oxygens (including phenoxy) is 1. The standard InChI is InChI=1S/C9H12N2O5/c1-15-5-6-4-7(11-16-6)9(14)10-3-2-8(12)13/h4H,2-3,5H2,1H3,(H,10,14)(H,12,13). The Kier molecular flexibility index (Phi) is 4.46. The van der Waals surface area contributed by atoms with E-state index in [4.69, 9.17) is 14.4 Å². The highest BCUT2D eigenvalue weighted by Crippen LogP contribution is 2.04. The maximum absolute atomic E-state index is 11.4. The summed E-state index contributed by atoms with van der Waals surface area (Å²) < 4.78 is 9.59. The van der Waals surface area contributed by atoms with Crippen molar-refractivity contribution < 1.29 is 24.0 Å². The van der Waals surface area contributed by atoms with Gasteiger partial charge in [0.05, 0.1) is 6.42 Å². The Morgan fingerprint density at radius 1 is 1.62 bits per heavy atom. The summed E-state index contributed by atoms with van der Waals surface area (Å²) in [5.41, 5.74) is 0.109. The van der Waals surface area contributed by atoms with Crippen molar-refractivity contribution in [2.24, 2.45) is 0 Å². The van der Waals surface area contributed by atoms with E-state index in [0.717, 1.165) is 0 Å². The lowest BCUT2D eigenvalue weighted by atomic mass is 10.3. The minimum atomic E-state index is -0.972. The van der Waals surface area contributed by atoms with E-state index < -0.39 is 11.9 Å². The zero-order chi connectivity index (χ0) is 12.0. The Morgan fingerprint density at radius 2 is 2.38 bits per heavy atom. The van der Waals surface area contributed by atoms with E-state index in [2.05, 4.69) is 10.5 Å². The van der Waals surface area contributed by atoms with E-state index in [1.807, 2.05) is 0 Å². The smallest absolute Gasteiger partial charge is 0.305 e. The van der Waals surface area contributed by atoms with Crippen molar-refractivity contribution in [2.45, 2.75) is 13.0 Å². The normalized spacial score (nSPS) is 10.1. The Morgan fingerprint density at radius 3 is 3.00 bits per heavy atom. The van der Waals surface area contributed by atoms with Crippen LogP contribution in [0.1, 0.15) is 22.7 Å². The molecule has 0 bridgehead atoms. The van der Waals surface area contributed by atoms with Crippen LogP contribution in [0.5, 0.6) is 0 Å². The first kappa shape index (κ1) is 12.2. The van der Waals surface area contributed by atoms with Gasteiger partial charge in [-0.1, -0.05) is 5.16 Å². The number of rotatable bonds is 6. The number of methoxy groups -OCH3 is 1. The molecule has 0 aliphatic carbocycles. The highest BCUT2D eigenvalue weighted by atomic mass is 16.5. The molecule has 0 saturated carbocycles. The number of hydrogen-bond acceptors (Lipinski definition) is 5. The molecule has 88 valence electrons. The van der Waals surface area contributed by atoms with Crippen molar-refractivity contribution in [1.29, 1.82) is 0 Å². The van der Waals surface area contributed by atoms with Crippen LogP contribution < -0.4 is 5.32 Å². The topological polar surface area (TPSA) is 102 Å². The second-order valence-corrected chi connectivity index (χ2v) is 3.01. The monoisotopic (exact) mass is 228 g/mol. The van der Waals surface area contributed by atoms with Crippen LogP contribution in [0.25, 0.3) is 0 Å². The first-order valence-corrected chi connectivity index (χ1v) is 4.58. The molecule has 0 spiro atoms. The third-order valence-corrected chi connectivity index (χ3v) is 1.70. The van der Waals surface area contributed by atoms with Gasteiger partial charge in [0.15, 0.2) is 11.5 Å². The van der Waals surface area contributed by atoms with Gasteiger partial charge in [-0.25, -0.2) is 0 Å². The molecular weight excluding hydrogens is 216 g/mol. The Hall–Kier alpha value is -1.89. The summed E-state index contributed by atoms with van der Waals surface area (Å²) >= 11 is 0. The maximum atomic E-state index is 11.4. The number of nitrogens with one attached hydrogen (secondary N) is 1. The quantitative estimate of drug-likeness (QED) is 0.712. The molecule has 7 nitrogen and oxygen atoms in total. The number of nitrogens with zero attached hydrogens (tertiary/aromatic N) is 1. The van der Waals surface area contributed by atoms with E-state index in [1.165, 1.54) is 13.2 Å². The molecule has 0 aliphatic rings. The second-order valence-electron chi connectivity index (χ2n) is 3.01. The minimum Gasteiger partial charge on any atom is -0.481 e. The molecule has 0 aliphatic heterocycles. The third-order valence-electron chi connectivity index (χ3n) is 1.70. The van der Waals surface area contributed by atoms with Gasteiger partial charge in [0.1, 0.15) is 6.61 Å². The molecule has 0 fully saturated rings. The molecule has 0 atom stereocenters. The summed E-state index contributed by atoms with van der Waals surface area (Å²) in [6, 6.07) is 1.44. The summed E-state index contributed by atoms with van der Waals surface area (Å²) in [7, 11) is 1.50. The molecule has 0 aromatic carbocycles. The first-order valence-electron chi connectivity index (χ1n) is 4.58. The molecule has 0 unspecified atom stereocenters. The number of carbonyl (C=O) groups is 2. The molecular formula is C9H12N2O5. The summed E-state index contributed by atoms with van der Waals surface area (Å²) in [6.45, 7) is 0.288. The highest BCUT2D eigenvalue weighted by Gasteiger charge is 2.12. The van der Waals surface area contributed by atoms with Crippen molar-refractivity contribution in [3.8, 4) is 0 Å². The molecule has 0 radical (unpaired) electrons. The number of carboxylic acids is 1. The SMILES string of the molecule is COCc1cc(C(=O)NCCC(=O)O)no1. The summed E-state index contributed by atoms with van der Waals surface area (Å²) in [5.74, 6) is -1.00. The number of amides is 1. The number of hydrogen-bond donors (Lipinski definition) is 2. The Balaban J connectivity index is 2.43. The molecule has 16 heavy (non-hydrogen) atoms. The van der Waals surface area contributed by atoms with Gasteiger partial charge in [0, 0.05) is 19.7 Å². The lowest BCUT2D eigenvalue weighted by molar-refractivity contribution is -0.136. The number of carbonyl (C=O) groups excluding carboxylic acids is 1. The number of carboxylic acid groups (broad SMARTS) is 1. The molecule has 1 aromatic rings. The molecule has 1 amide bonds. The minimum absolute atomic E-state index is 0.0562. The van der Waals surface area contributed by atoms with E-state index in [-0.39, 0.29) is 25.3 Å². The van der Waals surface area contributed by atoms with Gasteiger partial charge in [-0.15, -0.1) is 0 Å². The van der Waals surface area contributed by atoms with Crippen LogP contribution in [-0.4, -0.2) is 35.8 Å². The van der Waals surface area contributed by atoms with Gasteiger partial charge in [0.2, 0.25) is 0 Å². The fourth-order valence-electron chi connectivity index (χ4n) is 1.00. The summed E-state index contributed by atoms with van der Waals surface area (Å²) in [6.07, 6.45) is -0.130. The molecule has 0 saturated heterocycles. The van der Waals surface area contributed by atoms with Gasteiger partial charge in [0.25, 0.3) is 5.91 Å². The number of aromatic nitrogens is 1. The van der Waals surface area contributed by atoms with Crippen molar-refractivity contribution in [2.75, 3.05) is 13.7 Å². The number of aliphatic carboxylic acids is 1. The van der Waals surface area contributed by atoms with Crippen molar-refractivity contribution in [3.63, 3.8) is 0 Å². The van der Waals surface area contributed by atoms with Gasteiger partial charge >= 0.3 is 5.97 Å². The summed E-state index contributed by atoms with van der Waals surface area (Å²) in [4.78, 5) is 21.6. The van der Waals surface area contributed by atoms with Crippen molar-refractivity contribution in [3.05, 3.63) is 17.5 Å². The highest BCUT2D eigenvalue weighted by molar-refractivity contribution is 5.92. The average Bonchev–Trinajstić information content (AvgIpc) is 2.66. The first-order chi connectivity index (χ1) is 7.63. The van der Waals surface area contributed by atoms with E-state index in [9.17, 15) is 9.59 Å². The van der Waals surface area contributed by atoms with Crippen LogP contribution in [0.4, 0.5) is 0 Å². The lowest BCUT2D eigenvalue weighted by Gasteiger charge is -1.98. The third kappa shape index (κ3) is 3.70. The zero-order valence-electron chi connectivity index (χ0n) is 8.73. The fourth-order valence-corrected chi connectivity index (χ4v) is 1.00. The van der Waals surface area contributed by atoms with E-state index in [0.29, 0.717) is 5.76 Å². The van der Waals surface area contributed by atoms with Crippen LogP contribution in [0, 0.1) is 0 Å². The van der Waals surface area contributed by atoms with Gasteiger partial charge in [-0.3, -0.25) is 9.59 Å². The van der Waals surface area contributed by atoms with Gasteiger partial charge in [-0.05, 0) is 0 Å². The Labute approximate surface area is 91.4 Å². The second kappa shape index (κ2) is 5.86. The molecule has 1 aromatic heterocycles. The summed E-state index contributed by atoms with van der Waals surface area (Å²) in [5, 5.41) is 14.3. The maximum Gasteiger partial charge on any atom is 0.305 e.